The summed E-state index contributed by atoms with van der Waals surface area (Å²) in [7, 11) is 1.57. The van der Waals surface area contributed by atoms with Gasteiger partial charge < -0.3 is 14.8 Å². The third kappa shape index (κ3) is 4.39. The number of hydrogen-bond donors (Lipinski definition) is 1. The van der Waals surface area contributed by atoms with Crippen molar-refractivity contribution in [2.45, 2.75) is 27.2 Å². The van der Waals surface area contributed by atoms with E-state index in [2.05, 4.69) is 5.32 Å². The lowest BCUT2D eigenvalue weighted by Crippen LogP contribution is -2.34. The minimum Gasteiger partial charge on any atom is -0.495 e. The van der Waals surface area contributed by atoms with E-state index in [9.17, 15) is 9.59 Å². The van der Waals surface area contributed by atoms with Crippen molar-refractivity contribution < 1.29 is 19.1 Å². The Morgan fingerprint density at radius 2 is 1.80 bits per heavy atom. The molecular weight excluding hydrogens is 380 g/mol. The Morgan fingerprint density at radius 1 is 1.03 bits per heavy atom. The van der Waals surface area contributed by atoms with E-state index in [1.165, 1.54) is 4.90 Å². The summed E-state index contributed by atoms with van der Waals surface area (Å²) in [5.74, 6) is -0.0294. The van der Waals surface area contributed by atoms with E-state index >= 15 is 0 Å². The van der Waals surface area contributed by atoms with E-state index in [-0.39, 0.29) is 17.5 Å². The highest BCUT2D eigenvalue weighted by atomic mass is 16.5. The first-order chi connectivity index (χ1) is 14.5. The number of nitrogens with zero attached hydrogens (tertiary/aromatic N) is 1. The zero-order valence-electron chi connectivity index (χ0n) is 18.0. The molecule has 0 atom stereocenters. The van der Waals surface area contributed by atoms with Crippen molar-refractivity contribution >= 4 is 23.1 Å². The van der Waals surface area contributed by atoms with Gasteiger partial charge in [-0.15, -0.1) is 0 Å². The number of ether oxygens (including phenoxy) is 2. The quantitative estimate of drug-likeness (QED) is 0.503. The molecule has 1 N–H and O–H groups in total. The molecular formula is C24H28N2O4. The average Bonchev–Trinajstić information content (AvgIpc) is 2.96. The Labute approximate surface area is 177 Å². The zero-order chi connectivity index (χ0) is 21.7. The Morgan fingerprint density at radius 3 is 2.50 bits per heavy atom. The van der Waals surface area contributed by atoms with Crippen LogP contribution in [0.4, 0.5) is 5.69 Å². The lowest BCUT2D eigenvalue weighted by atomic mass is 9.97. The number of carbonyl (C=O) groups is 2. The summed E-state index contributed by atoms with van der Waals surface area (Å²) >= 11 is 0. The van der Waals surface area contributed by atoms with E-state index in [1.54, 1.807) is 13.2 Å². The molecule has 1 aliphatic heterocycles. The second kappa shape index (κ2) is 9.59. The number of anilines is 1. The van der Waals surface area contributed by atoms with E-state index < -0.39 is 0 Å². The molecule has 0 radical (unpaired) electrons. The number of amides is 2. The molecule has 0 saturated heterocycles. The maximum atomic E-state index is 13.3. The lowest BCUT2D eigenvalue weighted by molar-refractivity contribution is -0.137. The zero-order valence-corrected chi connectivity index (χ0v) is 18.0. The first-order valence-corrected chi connectivity index (χ1v) is 10.1. The number of hydrogen-bond acceptors (Lipinski definition) is 5. The Bertz CT molecular complexity index is 981. The van der Waals surface area contributed by atoms with Gasteiger partial charge in [0.15, 0.2) is 0 Å². The van der Waals surface area contributed by atoms with Gasteiger partial charge in [0, 0.05) is 19.8 Å². The number of rotatable bonds is 9. The number of benzene rings is 2. The van der Waals surface area contributed by atoms with Crippen LogP contribution in [0, 0.1) is 13.8 Å². The van der Waals surface area contributed by atoms with Gasteiger partial charge in [-0.25, -0.2) is 0 Å². The number of aryl methyl sites for hydroxylation is 2. The predicted molar refractivity (Wildman–Crippen MR) is 117 cm³/mol. The van der Waals surface area contributed by atoms with Gasteiger partial charge in [0.25, 0.3) is 11.8 Å². The highest BCUT2D eigenvalue weighted by Gasteiger charge is 2.39. The molecule has 1 aliphatic rings. The van der Waals surface area contributed by atoms with Crippen LogP contribution in [-0.4, -0.2) is 43.6 Å². The molecule has 2 aromatic rings. The van der Waals surface area contributed by atoms with E-state index in [1.807, 2.05) is 57.2 Å². The second-order valence-electron chi connectivity index (χ2n) is 7.21. The highest BCUT2D eigenvalue weighted by molar-refractivity contribution is 6.36. The Kier molecular flexibility index (Phi) is 6.90. The number of nitrogens with one attached hydrogen (secondary N) is 1. The summed E-state index contributed by atoms with van der Waals surface area (Å²) in [5, 5.41) is 3.17. The van der Waals surface area contributed by atoms with Crippen LogP contribution < -0.4 is 10.1 Å². The number of para-hydroxylation sites is 2. The fraction of sp³-hybridized carbons (Fsp3) is 0.333. The molecule has 2 aromatic carbocycles. The maximum absolute atomic E-state index is 13.3. The van der Waals surface area contributed by atoms with Crippen LogP contribution in [-0.2, 0) is 14.3 Å². The number of imide groups is 1. The number of methoxy groups -OCH3 is 1. The monoisotopic (exact) mass is 408 g/mol. The van der Waals surface area contributed by atoms with Crippen molar-refractivity contribution in [2.24, 2.45) is 0 Å². The van der Waals surface area contributed by atoms with Crippen molar-refractivity contribution in [3.63, 3.8) is 0 Å². The summed E-state index contributed by atoms with van der Waals surface area (Å²) in [6.45, 7) is 7.28. The van der Waals surface area contributed by atoms with Crippen LogP contribution in [0.2, 0.25) is 0 Å². The SMILES string of the molecule is CCOCCCN1C(=O)C(Nc2ccccc2OC)=C(c2ccc(C)cc2C)C1=O. The molecule has 3 rings (SSSR count). The van der Waals surface area contributed by atoms with Crippen molar-refractivity contribution in [2.75, 3.05) is 32.2 Å². The van der Waals surface area contributed by atoms with Gasteiger partial charge in [-0.2, -0.15) is 0 Å². The molecule has 30 heavy (non-hydrogen) atoms. The van der Waals surface area contributed by atoms with Crippen LogP contribution in [0.15, 0.2) is 48.2 Å². The topological polar surface area (TPSA) is 67.9 Å². The minimum atomic E-state index is -0.336. The molecule has 0 aliphatic carbocycles. The van der Waals surface area contributed by atoms with Crippen molar-refractivity contribution in [3.05, 3.63) is 64.9 Å². The summed E-state index contributed by atoms with van der Waals surface area (Å²) in [5.41, 5.74) is 4.09. The molecule has 6 heteroatoms. The van der Waals surface area contributed by atoms with Crippen LogP contribution in [0.3, 0.4) is 0 Å². The third-order valence-corrected chi connectivity index (χ3v) is 5.06. The van der Waals surface area contributed by atoms with Gasteiger partial charge in [-0.1, -0.05) is 35.9 Å². The largest absolute Gasteiger partial charge is 0.495 e. The summed E-state index contributed by atoms with van der Waals surface area (Å²) < 4.78 is 10.8. The van der Waals surface area contributed by atoms with Crippen molar-refractivity contribution in [1.29, 1.82) is 0 Å². The number of carbonyl (C=O) groups excluding carboxylic acids is 2. The van der Waals surface area contributed by atoms with E-state index in [0.29, 0.717) is 43.2 Å². The van der Waals surface area contributed by atoms with E-state index in [0.717, 1.165) is 16.7 Å². The first-order valence-electron chi connectivity index (χ1n) is 10.1. The summed E-state index contributed by atoms with van der Waals surface area (Å²) in [4.78, 5) is 27.9. The third-order valence-electron chi connectivity index (χ3n) is 5.06. The fourth-order valence-electron chi connectivity index (χ4n) is 3.59. The smallest absolute Gasteiger partial charge is 0.278 e. The first kappa shape index (κ1) is 21.6. The van der Waals surface area contributed by atoms with Gasteiger partial charge in [-0.05, 0) is 50.5 Å². The molecule has 2 amide bonds. The maximum Gasteiger partial charge on any atom is 0.278 e. The molecule has 0 bridgehead atoms. The minimum absolute atomic E-state index is 0.271. The van der Waals surface area contributed by atoms with Gasteiger partial charge in [0.05, 0.1) is 18.4 Å². The normalized spacial score (nSPS) is 13.9. The molecule has 0 unspecified atom stereocenters. The predicted octanol–water partition coefficient (Wildman–Crippen LogP) is 3.93. The van der Waals surface area contributed by atoms with Gasteiger partial charge in [0.2, 0.25) is 0 Å². The molecule has 0 fully saturated rings. The van der Waals surface area contributed by atoms with Crippen LogP contribution >= 0.6 is 0 Å². The van der Waals surface area contributed by atoms with Crippen LogP contribution in [0.1, 0.15) is 30.0 Å². The molecule has 0 aromatic heterocycles. The molecule has 6 nitrogen and oxygen atoms in total. The highest BCUT2D eigenvalue weighted by Crippen LogP contribution is 2.34. The van der Waals surface area contributed by atoms with Crippen LogP contribution in [0.5, 0.6) is 5.75 Å². The van der Waals surface area contributed by atoms with E-state index in [4.69, 9.17) is 9.47 Å². The average molecular weight is 408 g/mol. The van der Waals surface area contributed by atoms with Crippen molar-refractivity contribution in [1.82, 2.24) is 4.90 Å². The molecule has 0 spiro atoms. The van der Waals surface area contributed by atoms with Crippen molar-refractivity contribution in [3.8, 4) is 5.75 Å². The molecule has 1 heterocycles. The fourth-order valence-corrected chi connectivity index (χ4v) is 3.59. The van der Waals surface area contributed by atoms with Gasteiger partial charge >= 0.3 is 0 Å². The van der Waals surface area contributed by atoms with Crippen LogP contribution in [0.25, 0.3) is 5.57 Å². The van der Waals surface area contributed by atoms with Gasteiger partial charge in [0.1, 0.15) is 11.4 Å². The summed E-state index contributed by atoms with van der Waals surface area (Å²) in [6, 6.07) is 13.2. The van der Waals surface area contributed by atoms with Gasteiger partial charge in [-0.3, -0.25) is 14.5 Å². The summed E-state index contributed by atoms with van der Waals surface area (Å²) in [6.07, 6.45) is 0.591. The molecule has 0 saturated carbocycles. The molecule has 158 valence electrons. The lowest BCUT2D eigenvalue weighted by Gasteiger charge is -2.15. The Hall–Kier alpha value is -3.12. The standard InChI is InChI=1S/C24H28N2O4/c1-5-30-14-8-13-26-23(27)21(18-12-11-16(2)15-17(18)3)22(24(26)28)25-19-9-6-7-10-20(19)29-4/h6-7,9-12,15,25H,5,8,13-14H2,1-4H3. The Balaban J connectivity index is 2.02. The second-order valence-corrected chi connectivity index (χ2v) is 7.21.